The number of carbonyl (C=O) groups excluding carboxylic acids is 2. The molecule has 0 unspecified atom stereocenters. The lowest BCUT2D eigenvalue weighted by molar-refractivity contribution is -0.126. The molecule has 0 atom stereocenters. The summed E-state index contributed by atoms with van der Waals surface area (Å²) >= 11 is 0. The van der Waals surface area contributed by atoms with E-state index in [-0.39, 0.29) is 23.3 Å². The van der Waals surface area contributed by atoms with Crippen LogP contribution in [0.2, 0.25) is 0 Å². The van der Waals surface area contributed by atoms with E-state index in [1.165, 1.54) is 23.1 Å². The van der Waals surface area contributed by atoms with E-state index in [0.29, 0.717) is 32.5 Å². The molecule has 4 rings (SSSR count). The van der Waals surface area contributed by atoms with Gasteiger partial charge in [-0.2, -0.15) is 0 Å². The molecule has 1 fully saturated rings. The topological polar surface area (TPSA) is 65.2 Å². The van der Waals surface area contributed by atoms with E-state index in [9.17, 15) is 14.0 Å². The highest BCUT2D eigenvalue weighted by Gasteiger charge is 2.28. The van der Waals surface area contributed by atoms with Crippen molar-refractivity contribution in [2.45, 2.75) is 19.3 Å². The quantitative estimate of drug-likeness (QED) is 0.697. The number of piperidine rings is 1. The summed E-state index contributed by atoms with van der Waals surface area (Å²) in [6, 6.07) is 14.1. The second-order valence-corrected chi connectivity index (χ2v) is 7.45. The zero-order valence-electron chi connectivity index (χ0n) is 16.2. The number of hydrogen-bond donors (Lipinski definition) is 2. The van der Waals surface area contributed by atoms with Crippen molar-refractivity contribution in [3.8, 4) is 0 Å². The highest BCUT2D eigenvalue weighted by molar-refractivity contribution is 5.94. The van der Waals surface area contributed by atoms with Crippen LogP contribution in [0, 0.1) is 11.7 Å². The molecular weight excluding hydrogens is 369 g/mol. The van der Waals surface area contributed by atoms with Crippen LogP contribution in [0.4, 0.5) is 4.39 Å². The number of fused-ring (bicyclic) bond motifs is 1. The molecule has 1 aromatic heterocycles. The number of benzene rings is 2. The lowest BCUT2D eigenvalue weighted by atomic mass is 9.95. The van der Waals surface area contributed by atoms with E-state index in [1.807, 2.05) is 24.4 Å². The van der Waals surface area contributed by atoms with E-state index in [4.69, 9.17) is 0 Å². The summed E-state index contributed by atoms with van der Waals surface area (Å²) in [4.78, 5) is 29.9. The number of nitrogens with zero attached hydrogens (tertiary/aromatic N) is 1. The molecule has 29 heavy (non-hydrogen) atoms. The summed E-state index contributed by atoms with van der Waals surface area (Å²) in [6.07, 6.45) is 3.95. The van der Waals surface area contributed by atoms with Crippen molar-refractivity contribution < 1.29 is 14.0 Å². The van der Waals surface area contributed by atoms with Gasteiger partial charge in [0.05, 0.1) is 5.56 Å². The molecule has 1 aliphatic heterocycles. The zero-order chi connectivity index (χ0) is 20.2. The third-order valence-corrected chi connectivity index (χ3v) is 5.63. The minimum Gasteiger partial charge on any atom is -0.361 e. The van der Waals surface area contributed by atoms with E-state index < -0.39 is 5.82 Å². The average molecular weight is 393 g/mol. The molecule has 3 aromatic rings. The van der Waals surface area contributed by atoms with Gasteiger partial charge in [0.15, 0.2) is 0 Å². The number of amides is 2. The number of halogens is 1. The normalized spacial score (nSPS) is 14.9. The van der Waals surface area contributed by atoms with Gasteiger partial charge in [0, 0.05) is 42.7 Å². The molecule has 0 spiro atoms. The molecule has 0 aliphatic carbocycles. The first-order valence-corrected chi connectivity index (χ1v) is 10.00. The summed E-state index contributed by atoms with van der Waals surface area (Å²) in [6.45, 7) is 1.51. The first kappa shape index (κ1) is 19.2. The van der Waals surface area contributed by atoms with Crippen LogP contribution in [-0.4, -0.2) is 41.3 Å². The molecule has 1 saturated heterocycles. The molecule has 0 radical (unpaired) electrons. The van der Waals surface area contributed by atoms with Crippen LogP contribution in [0.5, 0.6) is 0 Å². The molecular formula is C23H24FN3O2. The van der Waals surface area contributed by atoms with Crippen molar-refractivity contribution >= 4 is 22.7 Å². The van der Waals surface area contributed by atoms with E-state index in [1.54, 1.807) is 17.0 Å². The van der Waals surface area contributed by atoms with Gasteiger partial charge >= 0.3 is 0 Å². The fourth-order valence-electron chi connectivity index (χ4n) is 3.95. The molecule has 150 valence electrons. The predicted octanol–water partition coefficient (Wildman–Crippen LogP) is 3.52. The number of H-pyrrole nitrogens is 1. The molecule has 2 heterocycles. The third-order valence-electron chi connectivity index (χ3n) is 5.63. The maximum atomic E-state index is 13.8. The minimum atomic E-state index is -0.505. The second-order valence-electron chi connectivity index (χ2n) is 7.45. The maximum absolute atomic E-state index is 13.8. The van der Waals surface area contributed by atoms with Crippen LogP contribution in [0.15, 0.2) is 54.7 Å². The van der Waals surface area contributed by atoms with Gasteiger partial charge in [-0.25, -0.2) is 4.39 Å². The molecule has 0 bridgehead atoms. The summed E-state index contributed by atoms with van der Waals surface area (Å²) in [5.41, 5.74) is 2.38. The van der Waals surface area contributed by atoms with Gasteiger partial charge in [-0.15, -0.1) is 0 Å². The Kier molecular flexibility index (Phi) is 5.60. The highest BCUT2D eigenvalue weighted by atomic mass is 19.1. The smallest absolute Gasteiger partial charge is 0.256 e. The average Bonchev–Trinajstić information content (AvgIpc) is 3.17. The molecule has 2 aromatic carbocycles. The Balaban J connectivity index is 1.26. The maximum Gasteiger partial charge on any atom is 0.256 e. The van der Waals surface area contributed by atoms with Crippen molar-refractivity contribution in [2.75, 3.05) is 19.6 Å². The van der Waals surface area contributed by atoms with Crippen LogP contribution >= 0.6 is 0 Å². The van der Waals surface area contributed by atoms with Crippen LogP contribution in [0.3, 0.4) is 0 Å². The number of para-hydroxylation sites is 1. The first-order valence-electron chi connectivity index (χ1n) is 10.00. The van der Waals surface area contributed by atoms with Crippen LogP contribution in [0.1, 0.15) is 28.8 Å². The summed E-state index contributed by atoms with van der Waals surface area (Å²) in [5, 5.41) is 4.21. The standard InChI is InChI=1S/C23H24FN3O2/c24-20-7-3-1-6-19(20)23(29)27-13-10-16(11-14-27)22(28)25-12-9-17-15-26-21-8-4-2-5-18(17)21/h1-8,15-16,26H,9-14H2,(H,25,28). The third kappa shape index (κ3) is 4.16. The summed E-state index contributed by atoms with van der Waals surface area (Å²) in [5.74, 6) is -0.888. The summed E-state index contributed by atoms with van der Waals surface area (Å²) < 4.78 is 13.8. The van der Waals surface area contributed by atoms with Gasteiger partial charge in [-0.3, -0.25) is 9.59 Å². The van der Waals surface area contributed by atoms with Crippen LogP contribution < -0.4 is 5.32 Å². The van der Waals surface area contributed by atoms with Gasteiger partial charge in [-0.1, -0.05) is 30.3 Å². The van der Waals surface area contributed by atoms with Crippen molar-refractivity contribution in [3.63, 3.8) is 0 Å². The Morgan fingerprint density at radius 1 is 1.07 bits per heavy atom. The van der Waals surface area contributed by atoms with E-state index in [2.05, 4.69) is 16.4 Å². The zero-order valence-corrected chi connectivity index (χ0v) is 16.2. The van der Waals surface area contributed by atoms with Crippen LogP contribution in [-0.2, 0) is 11.2 Å². The van der Waals surface area contributed by atoms with Crippen molar-refractivity contribution in [1.82, 2.24) is 15.2 Å². The number of likely N-dealkylation sites (tertiary alicyclic amines) is 1. The lowest BCUT2D eigenvalue weighted by Gasteiger charge is -2.31. The monoisotopic (exact) mass is 393 g/mol. The van der Waals surface area contributed by atoms with Gasteiger partial charge in [-0.05, 0) is 43.0 Å². The molecule has 0 saturated carbocycles. The molecule has 5 nitrogen and oxygen atoms in total. The van der Waals surface area contributed by atoms with Crippen molar-refractivity contribution in [1.29, 1.82) is 0 Å². The number of carbonyl (C=O) groups is 2. The predicted molar refractivity (Wildman–Crippen MR) is 110 cm³/mol. The Bertz CT molecular complexity index is 1020. The number of aromatic amines is 1. The van der Waals surface area contributed by atoms with E-state index >= 15 is 0 Å². The number of hydrogen-bond acceptors (Lipinski definition) is 2. The SMILES string of the molecule is O=C(NCCc1c[nH]c2ccccc12)C1CCN(C(=O)c2ccccc2F)CC1. The number of aromatic nitrogens is 1. The van der Waals surface area contributed by atoms with Crippen molar-refractivity contribution in [2.24, 2.45) is 5.92 Å². The number of rotatable bonds is 5. The molecule has 1 aliphatic rings. The number of nitrogens with one attached hydrogen (secondary N) is 2. The Hall–Kier alpha value is -3.15. The fraction of sp³-hybridized carbons (Fsp3) is 0.304. The Morgan fingerprint density at radius 2 is 1.79 bits per heavy atom. The van der Waals surface area contributed by atoms with Gasteiger partial charge in [0.2, 0.25) is 5.91 Å². The van der Waals surface area contributed by atoms with Gasteiger partial charge < -0.3 is 15.2 Å². The molecule has 6 heteroatoms. The molecule has 2 amide bonds. The first-order chi connectivity index (χ1) is 14.1. The molecule has 2 N–H and O–H groups in total. The fourth-order valence-corrected chi connectivity index (χ4v) is 3.95. The Morgan fingerprint density at radius 3 is 2.59 bits per heavy atom. The minimum absolute atomic E-state index is 0.0304. The van der Waals surface area contributed by atoms with Crippen molar-refractivity contribution in [3.05, 3.63) is 71.7 Å². The Labute approximate surface area is 168 Å². The summed E-state index contributed by atoms with van der Waals surface area (Å²) in [7, 11) is 0. The lowest BCUT2D eigenvalue weighted by Crippen LogP contribution is -2.43. The van der Waals surface area contributed by atoms with Gasteiger partial charge in [0.25, 0.3) is 5.91 Å². The van der Waals surface area contributed by atoms with Gasteiger partial charge in [0.1, 0.15) is 5.82 Å². The van der Waals surface area contributed by atoms with Crippen LogP contribution in [0.25, 0.3) is 10.9 Å². The second kappa shape index (κ2) is 8.47. The largest absolute Gasteiger partial charge is 0.361 e. The highest BCUT2D eigenvalue weighted by Crippen LogP contribution is 2.21. The van der Waals surface area contributed by atoms with E-state index in [0.717, 1.165) is 11.9 Å².